The van der Waals surface area contributed by atoms with Crippen LogP contribution in [-0.2, 0) is 9.59 Å². The molecular formula is C21H22ClN3O4S. The number of hydrogen-bond donors (Lipinski definition) is 1. The van der Waals surface area contributed by atoms with Gasteiger partial charge in [-0.15, -0.1) is 5.10 Å². The molecule has 0 aromatic heterocycles. The zero-order chi connectivity index (χ0) is 21.7. The van der Waals surface area contributed by atoms with Crippen molar-refractivity contribution < 1.29 is 19.1 Å². The summed E-state index contributed by atoms with van der Waals surface area (Å²) in [4.78, 5) is 23.5. The minimum atomic E-state index is -0.504. The first-order chi connectivity index (χ1) is 14.3. The Kier molecular flexibility index (Phi) is 7.23. The zero-order valence-electron chi connectivity index (χ0n) is 16.8. The number of hydrogen-bond acceptors (Lipinski definition) is 6. The molecule has 0 spiro atoms. The average molecular weight is 448 g/mol. The number of nitrogens with zero attached hydrogens (tertiary/aromatic N) is 2. The molecule has 1 heterocycles. The van der Waals surface area contributed by atoms with E-state index in [4.69, 9.17) is 21.1 Å². The Labute approximate surface area is 184 Å². The fourth-order valence-corrected chi connectivity index (χ4v) is 4.17. The van der Waals surface area contributed by atoms with Gasteiger partial charge in [-0.05, 0) is 36.8 Å². The molecule has 2 aromatic carbocycles. The molecule has 9 heteroatoms. The SMILES string of the molecule is CC(=O)NC1=NN(C(C)=O)[C@H](c2cc(Cl)ccc2OCCOc2ccccc2C)S1. The summed E-state index contributed by atoms with van der Waals surface area (Å²) in [7, 11) is 0. The molecule has 30 heavy (non-hydrogen) atoms. The van der Waals surface area contributed by atoms with Gasteiger partial charge in [-0.3, -0.25) is 9.59 Å². The van der Waals surface area contributed by atoms with E-state index in [1.54, 1.807) is 18.2 Å². The van der Waals surface area contributed by atoms with Crippen LogP contribution >= 0.6 is 23.4 Å². The molecule has 1 aliphatic rings. The second kappa shape index (κ2) is 9.86. The van der Waals surface area contributed by atoms with Gasteiger partial charge < -0.3 is 14.8 Å². The molecule has 0 bridgehead atoms. The Morgan fingerprint density at radius 2 is 1.83 bits per heavy atom. The van der Waals surface area contributed by atoms with Crippen LogP contribution in [0.25, 0.3) is 0 Å². The van der Waals surface area contributed by atoms with Crippen LogP contribution in [0.4, 0.5) is 0 Å². The van der Waals surface area contributed by atoms with Crippen LogP contribution in [0.2, 0.25) is 5.02 Å². The third-order valence-corrected chi connectivity index (χ3v) is 5.50. The third-order valence-electron chi connectivity index (χ3n) is 4.18. The van der Waals surface area contributed by atoms with Gasteiger partial charge in [0, 0.05) is 24.4 Å². The molecule has 2 aromatic rings. The first kappa shape index (κ1) is 22.0. The smallest absolute Gasteiger partial charge is 0.241 e. The standard InChI is InChI=1S/C21H22ClN3O4S/c1-13-6-4-5-7-18(13)28-10-11-29-19-9-8-16(22)12-17(19)20-25(15(3)27)24-21(30-20)23-14(2)26/h4-9,12,20H,10-11H2,1-3H3,(H,23,24,26)/t20-/m0/s1. The van der Waals surface area contributed by atoms with Gasteiger partial charge in [0.25, 0.3) is 0 Å². The maximum Gasteiger partial charge on any atom is 0.241 e. The number of amides is 2. The highest BCUT2D eigenvalue weighted by Gasteiger charge is 2.34. The Hall–Kier alpha value is -2.71. The topological polar surface area (TPSA) is 80.2 Å². The normalized spacial score (nSPS) is 15.5. The summed E-state index contributed by atoms with van der Waals surface area (Å²) in [5.41, 5.74) is 1.73. The number of halogens is 1. The highest BCUT2D eigenvalue weighted by Crippen LogP contribution is 2.43. The quantitative estimate of drug-likeness (QED) is 0.674. The van der Waals surface area contributed by atoms with E-state index in [9.17, 15) is 9.59 Å². The lowest BCUT2D eigenvalue weighted by molar-refractivity contribution is -0.129. The van der Waals surface area contributed by atoms with E-state index >= 15 is 0 Å². The highest BCUT2D eigenvalue weighted by molar-refractivity contribution is 8.14. The summed E-state index contributed by atoms with van der Waals surface area (Å²) in [5.74, 6) is 0.846. The number of rotatable bonds is 6. The predicted molar refractivity (Wildman–Crippen MR) is 118 cm³/mol. The van der Waals surface area contributed by atoms with Crippen LogP contribution in [0.1, 0.15) is 30.3 Å². The number of benzene rings is 2. The van der Waals surface area contributed by atoms with Crippen LogP contribution < -0.4 is 14.8 Å². The molecule has 1 aliphatic heterocycles. The molecule has 1 N–H and O–H groups in total. The maximum absolute atomic E-state index is 12.1. The van der Waals surface area contributed by atoms with Gasteiger partial charge in [-0.1, -0.05) is 41.6 Å². The maximum atomic E-state index is 12.1. The summed E-state index contributed by atoms with van der Waals surface area (Å²) in [6.07, 6.45) is 0. The van der Waals surface area contributed by atoms with Crippen LogP contribution in [0.3, 0.4) is 0 Å². The number of amidine groups is 1. The largest absolute Gasteiger partial charge is 0.490 e. The number of hydrazone groups is 1. The van der Waals surface area contributed by atoms with Crippen molar-refractivity contribution in [3.8, 4) is 11.5 Å². The van der Waals surface area contributed by atoms with Crippen molar-refractivity contribution in [2.24, 2.45) is 5.10 Å². The van der Waals surface area contributed by atoms with Crippen molar-refractivity contribution in [3.63, 3.8) is 0 Å². The summed E-state index contributed by atoms with van der Waals surface area (Å²) in [6.45, 7) is 5.44. The van der Waals surface area contributed by atoms with Crippen molar-refractivity contribution in [2.45, 2.75) is 26.1 Å². The van der Waals surface area contributed by atoms with Gasteiger partial charge in [0.2, 0.25) is 11.8 Å². The molecule has 1 atom stereocenters. The first-order valence-electron chi connectivity index (χ1n) is 9.28. The fraction of sp³-hybridized carbons (Fsp3) is 0.286. The van der Waals surface area contributed by atoms with Crippen molar-refractivity contribution in [3.05, 3.63) is 58.6 Å². The average Bonchev–Trinajstić information content (AvgIpc) is 3.10. The third kappa shape index (κ3) is 5.46. The number of thioether (sulfide) groups is 1. The Morgan fingerprint density at radius 3 is 2.50 bits per heavy atom. The second-order valence-electron chi connectivity index (χ2n) is 6.56. The molecular weight excluding hydrogens is 426 g/mol. The summed E-state index contributed by atoms with van der Waals surface area (Å²) >= 11 is 7.44. The van der Waals surface area contributed by atoms with Gasteiger partial charge in [-0.25, -0.2) is 5.01 Å². The van der Waals surface area contributed by atoms with Crippen LogP contribution in [0.5, 0.6) is 11.5 Å². The van der Waals surface area contributed by atoms with Crippen molar-refractivity contribution >= 4 is 40.3 Å². The van der Waals surface area contributed by atoms with Crippen LogP contribution in [-0.4, -0.2) is 35.2 Å². The lowest BCUT2D eigenvalue weighted by Crippen LogP contribution is -2.25. The van der Waals surface area contributed by atoms with E-state index in [0.717, 1.165) is 11.3 Å². The first-order valence-corrected chi connectivity index (χ1v) is 10.5. The number of aryl methyl sites for hydroxylation is 1. The summed E-state index contributed by atoms with van der Waals surface area (Å²) in [5, 5.41) is 8.48. The number of para-hydroxylation sites is 1. The molecule has 0 saturated carbocycles. The molecule has 3 rings (SSSR count). The van der Waals surface area contributed by atoms with E-state index in [1.807, 2.05) is 31.2 Å². The molecule has 7 nitrogen and oxygen atoms in total. The Morgan fingerprint density at radius 1 is 1.13 bits per heavy atom. The van der Waals surface area contributed by atoms with Gasteiger partial charge in [0.15, 0.2) is 5.17 Å². The van der Waals surface area contributed by atoms with E-state index in [0.29, 0.717) is 34.7 Å². The van der Waals surface area contributed by atoms with Crippen molar-refractivity contribution in [1.82, 2.24) is 10.3 Å². The van der Waals surface area contributed by atoms with Gasteiger partial charge >= 0.3 is 0 Å². The zero-order valence-corrected chi connectivity index (χ0v) is 18.4. The van der Waals surface area contributed by atoms with Gasteiger partial charge in [0.1, 0.15) is 30.1 Å². The molecule has 0 saturated heterocycles. The van der Waals surface area contributed by atoms with E-state index in [-0.39, 0.29) is 11.8 Å². The van der Waals surface area contributed by atoms with E-state index < -0.39 is 5.37 Å². The molecule has 0 aliphatic carbocycles. The summed E-state index contributed by atoms with van der Waals surface area (Å²) < 4.78 is 11.7. The summed E-state index contributed by atoms with van der Waals surface area (Å²) in [6, 6.07) is 13.0. The van der Waals surface area contributed by atoms with Crippen molar-refractivity contribution in [2.75, 3.05) is 13.2 Å². The highest BCUT2D eigenvalue weighted by atomic mass is 35.5. The monoisotopic (exact) mass is 447 g/mol. The van der Waals surface area contributed by atoms with Gasteiger partial charge in [-0.2, -0.15) is 0 Å². The number of carbonyl (C=O) groups excluding carboxylic acids is 2. The Balaban J connectivity index is 1.72. The number of ether oxygens (including phenoxy) is 2. The molecule has 0 fully saturated rings. The predicted octanol–water partition coefficient (Wildman–Crippen LogP) is 4.11. The van der Waals surface area contributed by atoms with E-state index in [1.165, 1.54) is 30.6 Å². The minimum Gasteiger partial charge on any atom is -0.490 e. The Bertz CT molecular complexity index is 982. The molecule has 0 unspecified atom stereocenters. The lowest BCUT2D eigenvalue weighted by atomic mass is 10.2. The van der Waals surface area contributed by atoms with Crippen LogP contribution in [0, 0.1) is 6.92 Å². The number of carbonyl (C=O) groups is 2. The molecule has 158 valence electrons. The lowest BCUT2D eigenvalue weighted by Gasteiger charge is -2.22. The van der Waals surface area contributed by atoms with Crippen molar-refractivity contribution in [1.29, 1.82) is 0 Å². The van der Waals surface area contributed by atoms with E-state index in [2.05, 4.69) is 10.4 Å². The molecule has 2 amide bonds. The van der Waals surface area contributed by atoms with Gasteiger partial charge in [0.05, 0.1) is 0 Å². The fourth-order valence-electron chi connectivity index (χ4n) is 2.83. The molecule has 0 radical (unpaired) electrons. The second-order valence-corrected chi connectivity index (χ2v) is 8.07. The van der Waals surface area contributed by atoms with Crippen LogP contribution in [0.15, 0.2) is 47.6 Å². The number of nitrogens with one attached hydrogen (secondary N) is 1. The minimum absolute atomic E-state index is 0.262.